The Labute approximate surface area is 125 Å². The van der Waals surface area contributed by atoms with E-state index in [2.05, 4.69) is 0 Å². The Kier molecular flexibility index (Phi) is 4.65. The monoisotopic (exact) mass is 314 g/mol. The molecular formula is C15H13ClF2O3. The number of hydrogen-bond donors (Lipinski definition) is 1. The van der Waals surface area contributed by atoms with Gasteiger partial charge in [-0.05, 0) is 35.4 Å². The molecule has 112 valence electrons. The molecule has 0 aliphatic rings. The van der Waals surface area contributed by atoms with E-state index in [0.717, 1.165) is 18.2 Å². The third-order valence-electron chi connectivity index (χ3n) is 2.97. The van der Waals surface area contributed by atoms with Crippen molar-refractivity contribution in [1.29, 1.82) is 0 Å². The minimum absolute atomic E-state index is 0.0794. The SMILES string of the molecule is COc1cc(C(O)c2cc(F)cc(F)c2)cc(Cl)c1OC. The average molecular weight is 315 g/mol. The molecule has 0 heterocycles. The second-order valence-corrected chi connectivity index (χ2v) is 4.75. The third-order valence-corrected chi connectivity index (χ3v) is 3.25. The molecule has 0 amide bonds. The number of rotatable bonds is 4. The lowest BCUT2D eigenvalue weighted by Crippen LogP contribution is -2.03. The van der Waals surface area contributed by atoms with Crippen LogP contribution in [0.1, 0.15) is 17.2 Å². The first-order chi connectivity index (χ1) is 9.96. The van der Waals surface area contributed by atoms with Gasteiger partial charge >= 0.3 is 0 Å². The summed E-state index contributed by atoms with van der Waals surface area (Å²) in [5, 5.41) is 10.5. The van der Waals surface area contributed by atoms with Crippen LogP contribution in [-0.2, 0) is 0 Å². The fourth-order valence-electron chi connectivity index (χ4n) is 2.02. The van der Waals surface area contributed by atoms with Crippen molar-refractivity contribution < 1.29 is 23.4 Å². The molecule has 0 saturated carbocycles. The van der Waals surface area contributed by atoms with Gasteiger partial charge in [-0.3, -0.25) is 0 Å². The largest absolute Gasteiger partial charge is 0.493 e. The second-order valence-electron chi connectivity index (χ2n) is 4.34. The topological polar surface area (TPSA) is 38.7 Å². The first-order valence-corrected chi connectivity index (χ1v) is 6.39. The highest BCUT2D eigenvalue weighted by atomic mass is 35.5. The van der Waals surface area contributed by atoms with Gasteiger partial charge in [0, 0.05) is 6.07 Å². The number of methoxy groups -OCH3 is 2. The van der Waals surface area contributed by atoms with E-state index >= 15 is 0 Å². The van der Waals surface area contributed by atoms with Crippen LogP contribution < -0.4 is 9.47 Å². The summed E-state index contributed by atoms with van der Waals surface area (Å²) in [6.45, 7) is 0. The molecule has 0 aliphatic heterocycles. The van der Waals surface area contributed by atoms with Crippen LogP contribution in [0.5, 0.6) is 11.5 Å². The zero-order valence-electron chi connectivity index (χ0n) is 11.4. The Morgan fingerprint density at radius 2 is 1.52 bits per heavy atom. The van der Waals surface area contributed by atoms with Crippen LogP contribution in [0.3, 0.4) is 0 Å². The first-order valence-electron chi connectivity index (χ1n) is 6.01. The van der Waals surface area contributed by atoms with E-state index in [1.807, 2.05) is 0 Å². The zero-order valence-corrected chi connectivity index (χ0v) is 12.1. The summed E-state index contributed by atoms with van der Waals surface area (Å²) >= 11 is 6.04. The predicted molar refractivity (Wildman–Crippen MR) is 75.0 cm³/mol. The lowest BCUT2D eigenvalue weighted by atomic mass is 10.0. The Morgan fingerprint density at radius 1 is 0.952 bits per heavy atom. The van der Waals surface area contributed by atoms with E-state index in [9.17, 15) is 13.9 Å². The maximum absolute atomic E-state index is 13.2. The minimum atomic E-state index is -1.24. The number of benzene rings is 2. The highest BCUT2D eigenvalue weighted by molar-refractivity contribution is 6.32. The molecule has 0 bridgehead atoms. The molecule has 2 rings (SSSR count). The van der Waals surface area contributed by atoms with Gasteiger partial charge in [-0.2, -0.15) is 0 Å². The molecule has 1 atom stereocenters. The molecule has 2 aromatic rings. The van der Waals surface area contributed by atoms with Crippen LogP contribution in [0.4, 0.5) is 8.78 Å². The molecule has 3 nitrogen and oxygen atoms in total. The summed E-state index contributed by atoms with van der Waals surface area (Å²) in [6, 6.07) is 5.79. The van der Waals surface area contributed by atoms with Gasteiger partial charge in [-0.25, -0.2) is 8.78 Å². The third kappa shape index (κ3) is 3.25. The standard InChI is InChI=1S/C15H13ClF2O3/c1-20-13-6-9(5-12(16)15(13)21-2)14(19)8-3-10(17)7-11(18)4-8/h3-7,14,19H,1-2H3. The van der Waals surface area contributed by atoms with Crippen LogP contribution in [0.25, 0.3) is 0 Å². The van der Waals surface area contributed by atoms with Crippen molar-refractivity contribution in [1.82, 2.24) is 0 Å². The first kappa shape index (κ1) is 15.5. The van der Waals surface area contributed by atoms with Crippen LogP contribution in [-0.4, -0.2) is 19.3 Å². The summed E-state index contributed by atoms with van der Waals surface area (Å²) in [6.07, 6.45) is -1.24. The van der Waals surface area contributed by atoms with E-state index in [0.29, 0.717) is 17.1 Å². The van der Waals surface area contributed by atoms with E-state index < -0.39 is 17.7 Å². The molecule has 21 heavy (non-hydrogen) atoms. The molecule has 0 saturated heterocycles. The normalized spacial score (nSPS) is 12.1. The van der Waals surface area contributed by atoms with Gasteiger partial charge in [0.1, 0.15) is 17.7 Å². The van der Waals surface area contributed by atoms with Gasteiger partial charge in [0.05, 0.1) is 19.2 Å². The fourth-order valence-corrected chi connectivity index (χ4v) is 2.32. The van der Waals surface area contributed by atoms with E-state index in [4.69, 9.17) is 21.1 Å². The molecular weight excluding hydrogens is 302 g/mol. The fraction of sp³-hybridized carbons (Fsp3) is 0.200. The molecule has 0 aromatic heterocycles. The summed E-state index contributed by atoms with van der Waals surface area (Å²) in [7, 11) is 2.86. The Morgan fingerprint density at radius 3 is 2.05 bits per heavy atom. The molecule has 1 N–H and O–H groups in total. The van der Waals surface area contributed by atoms with Gasteiger partial charge in [0.15, 0.2) is 11.5 Å². The highest BCUT2D eigenvalue weighted by Crippen LogP contribution is 2.38. The Hall–Kier alpha value is -1.85. The number of ether oxygens (including phenoxy) is 2. The van der Waals surface area contributed by atoms with E-state index in [-0.39, 0.29) is 10.6 Å². The summed E-state index contributed by atoms with van der Waals surface area (Å²) in [5.41, 5.74) is 0.415. The maximum Gasteiger partial charge on any atom is 0.179 e. The Balaban J connectivity index is 2.48. The second kappa shape index (κ2) is 6.28. The highest BCUT2D eigenvalue weighted by Gasteiger charge is 2.18. The summed E-state index contributed by atoms with van der Waals surface area (Å²) < 4.78 is 36.7. The molecule has 1 unspecified atom stereocenters. The van der Waals surface area contributed by atoms with Crippen LogP contribution in [0.2, 0.25) is 5.02 Å². The van der Waals surface area contributed by atoms with Crippen molar-refractivity contribution in [3.63, 3.8) is 0 Å². The molecule has 0 fully saturated rings. The number of aliphatic hydroxyl groups is 1. The molecule has 0 aliphatic carbocycles. The number of hydrogen-bond acceptors (Lipinski definition) is 3. The molecule has 0 radical (unpaired) electrons. The van der Waals surface area contributed by atoms with Crippen molar-refractivity contribution >= 4 is 11.6 Å². The Bertz CT molecular complexity index is 641. The molecule has 0 spiro atoms. The maximum atomic E-state index is 13.2. The van der Waals surface area contributed by atoms with Crippen LogP contribution in [0.15, 0.2) is 30.3 Å². The van der Waals surface area contributed by atoms with Crippen molar-refractivity contribution in [3.05, 3.63) is 58.1 Å². The van der Waals surface area contributed by atoms with Crippen LogP contribution in [0, 0.1) is 11.6 Å². The van der Waals surface area contributed by atoms with Gasteiger partial charge in [0.25, 0.3) is 0 Å². The smallest absolute Gasteiger partial charge is 0.179 e. The zero-order chi connectivity index (χ0) is 15.6. The van der Waals surface area contributed by atoms with Crippen LogP contribution >= 0.6 is 11.6 Å². The average Bonchev–Trinajstić information content (AvgIpc) is 2.44. The predicted octanol–water partition coefficient (Wildman–Crippen LogP) is 3.72. The van der Waals surface area contributed by atoms with E-state index in [1.165, 1.54) is 26.4 Å². The van der Waals surface area contributed by atoms with E-state index in [1.54, 1.807) is 0 Å². The lowest BCUT2D eigenvalue weighted by Gasteiger charge is -2.16. The quantitative estimate of drug-likeness (QED) is 0.935. The van der Waals surface area contributed by atoms with Gasteiger partial charge in [-0.15, -0.1) is 0 Å². The summed E-state index contributed by atoms with van der Waals surface area (Å²) in [5.74, 6) is -0.900. The van der Waals surface area contributed by atoms with Crippen molar-refractivity contribution in [2.75, 3.05) is 14.2 Å². The minimum Gasteiger partial charge on any atom is -0.493 e. The lowest BCUT2D eigenvalue weighted by molar-refractivity contribution is 0.218. The molecule has 2 aromatic carbocycles. The summed E-state index contributed by atoms with van der Waals surface area (Å²) in [4.78, 5) is 0. The van der Waals surface area contributed by atoms with Gasteiger partial charge in [-0.1, -0.05) is 11.6 Å². The number of halogens is 3. The van der Waals surface area contributed by atoms with Crippen molar-refractivity contribution in [2.24, 2.45) is 0 Å². The van der Waals surface area contributed by atoms with Crippen molar-refractivity contribution in [2.45, 2.75) is 6.10 Å². The van der Waals surface area contributed by atoms with Crippen molar-refractivity contribution in [3.8, 4) is 11.5 Å². The van der Waals surface area contributed by atoms with Gasteiger partial charge in [0.2, 0.25) is 0 Å². The van der Waals surface area contributed by atoms with Gasteiger partial charge < -0.3 is 14.6 Å². The molecule has 6 heteroatoms. The number of aliphatic hydroxyl groups excluding tert-OH is 1.